The highest BCUT2D eigenvalue weighted by Crippen LogP contribution is 2.23. The molecule has 0 amide bonds. The van der Waals surface area contributed by atoms with Gasteiger partial charge in [0.25, 0.3) is 0 Å². The second kappa shape index (κ2) is 6.18. The molecule has 0 unspecified atom stereocenters. The second-order valence-electron chi connectivity index (χ2n) is 4.13. The van der Waals surface area contributed by atoms with Crippen LogP contribution in [-0.2, 0) is 13.1 Å². The molecule has 18 heavy (non-hydrogen) atoms. The molecular weight excluding hydrogens is 266 g/mol. The molecule has 3 nitrogen and oxygen atoms in total. The number of anilines is 1. The standard InChI is InChI=1S/C13H16ClN3S/c1-15-7-12-8-16-13(18-12)17(2)9-10-4-3-5-11(14)6-10/h3-6,8,15H,7,9H2,1-2H3. The fraction of sp³-hybridized carbons (Fsp3) is 0.308. The lowest BCUT2D eigenvalue weighted by atomic mass is 10.2. The zero-order chi connectivity index (χ0) is 13.0. The van der Waals surface area contributed by atoms with E-state index < -0.39 is 0 Å². The molecule has 0 saturated carbocycles. The summed E-state index contributed by atoms with van der Waals surface area (Å²) in [5.74, 6) is 0. The molecule has 0 atom stereocenters. The minimum absolute atomic E-state index is 0.774. The first-order chi connectivity index (χ1) is 8.69. The van der Waals surface area contributed by atoms with Crippen LogP contribution in [-0.4, -0.2) is 19.1 Å². The topological polar surface area (TPSA) is 28.2 Å². The number of nitrogens with one attached hydrogen (secondary N) is 1. The summed E-state index contributed by atoms with van der Waals surface area (Å²) in [6.45, 7) is 1.68. The quantitative estimate of drug-likeness (QED) is 0.912. The van der Waals surface area contributed by atoms with Gasteiger partial charge in [-0.2, -0.15) is 0 Å². The lowest BCUT2D eigenvalue weighted by molar-refractivity contribution is 0.829. The predicted molar refractivity (Wildman–Crippen MR) is 78.4 cm³/mol. The van der Waals surface area contributed by atoms with Gasteiger partial charge in [0.05, 0.1) is 0 Å². The number of nitrogens with zero attached hydrogens (tertiary/aromatic N) is 2. The van der Waals surface area contributed by atoms with Gasteiger partial charge in [-0.15, -0.1) is 11.3 Å². The van der Waals surface area contributed by atoms with Crippen molar-refractivity contribution in [1.29, 1.82) is 0 Å². The van der Waals surface area contributed by atoms with E-state index in [9.17, 15) is 0 Å². The Morgan fingerprint density at radius 1 is 1.44 bits per heavy atom. The van der Waals surface area contributed by atoms with Crippen LogP contribution in [0.4, 0.5) is 5.13 Å². The molecule has 2 aromatic rings. The Morgan fingerprint density at radius 3 is 3.00 bits per heavy atom. The van der Waals surface area contributed by atoms with E-state index >= 15 is 0 Å². The maximum absolute atomic E-state index is 5.98. The van der Waals surface area contributed by atoms with Crippen LogP contribution in [0.5, 0.6) is 0 Å². The van der Waals surface area contributed by atoms with Crippen LogP contribution in [0.3, 0.4) is 0 Å². The van der Waals surface area contributed by atoms with Crippen molar-refractivity contribution in [2.75, 3.05) is 19.0 Å². The van der Waals surface area contributed by atoms with E-state index in [1.54, 1.807) is 11.3 Å². The van der Waals surface area contributed by atoms with Crippen LogP contribution in [0.25, 0.3) is 0 Å². The Morgan fingerprint density at radius 2 is 2.28 bits per heavy atom. The van der Waals surface area contributed by atoms with Crippen molar-refractivity contribution in [3.63, 3.8) is 0 Å². The highest BCUT2D eigenvalue weighted by Gasteiger charge is 2.07. The summed E-state index contributed by atoms with van der Waals surface area (Å²) in [7, 11) is 3.98. The number of rotatable bonds is 5. The SMILES string of the molecule is CNCc1cnc(N(C)Cc2cccc(Cl)c2)s1. The van der Waals surface area contributed by atoms with E-state index in [4.69, 9.17) is 11.6 Å². The Bertz CT molecular complexity index is 512. The highest BCUT2D eigenvalue weighted by molar-refractivity contribution is 7.15. The van der Waals surface area contributed by atoms with Gasteiger partial charge >= 0.3 is 0 Å². The van der Waals surface area contributed by atoms with Crippen LogP contribution >= 0.6 is 22.9 Å². The third-order valence-corrected chi connectivity index (χ3v) is 3.87. The van der Waals surface area contributed by atoms with E-state index in [2.05, 4.69) is 21.3 Å². The van der Waals surface area contributed by atoms with E-state index in [0.717, 1.165) is 23.2 Å². The Balaban J connectivity index is 2.04. The first-order valence-electron chi connectivity index (χ1n) is 5.74. The van der Waals surface area contributed by atoms with Crippen molar-refractivity contribution >= 4 is 28.1 Å². The van der Waals surface area contributed by atoms with Crippen molar-refractivity contribution in [2.45, 2.75) is 13.1 Å². The number of halogens is 1. The summed E-state index contributed by atoms with van der Waals surface area (Å²) < 4.78 is 0. The summed E-state index contributed by atoms with van der Waals surface area (Å²) in [5.41, 5.74) is 1.19. The van der Waals surface area contributed by atoms with Crippen LogP contribution in [0.15, 0.2) is 30.5 Å². The largest absolute Gasteiger partial charge is 0.347 e. The lowest BCUT2D eigenvalue weighted by Crippen LogP contribution is -2.15. The maximum atomic E-state index is 5.98. The number of hydrogen-bond acceptors (Lipinski definition) is 4. The predicted octanol–water partition coefficient (Wildman–Crippen LogP) is 3.15. The first-order valence-corrected chi connectivity index (χ1v) is 6.93. The number of aromatic nitrogens is 1. The smallest absolute Gasteiger partial charge is 0.185 e. The van der Waals surface area contributed by atoms with E-state index in [1.807, 2.05) is 38.5 Å². The van der Waals surface area contributed by atoms with Gasteiger partial charge in [-0.3, -0.25) is 0 Å². The van der Waals surface area contributed by atoms with Crippen molar-refractivity contribution < 1.29 is 0 Å². The molecule has 0 aliphatic carbocycles. The van der Waals surface area contributed by atoms with Gasteiger partial charge in [0.2, 0.25) is 0 Å². The normalized spacial score (nSPS) is 10.6. The molecule has 0 fully saturated rings. The summed E-state index contributed by atoms with van der Waals surface area (Å²) in [6, 6.07) is 7.92. The third-order valence-electron chi connectivity index (χ3n) is 2.53. The zero-order valence-corrected chi connectivity index (χ0v) is 12.1. The summed E-state index contributed by atoms with van der Waals surface area (Å²) in [6.07, 6.45) is 1.92. The van der Waals surface area contributed by atoms with Gasteiger partial charge in [-0.25, -0.2) is 4.98 Å². The van der Waals surface area contributed by atoms with Crippen LogP contribution in [0, 0.1) is 0 Å². The summed E-state index contributed by atoms with van der Waals surface area (Å²) in [5, 5.41) is 4.93. The Labute approximate surface area is 116 Å². The molecule has 0 saturated heterocycles. The monoisotopic (exact) mass is 281 g/mol. The Kier molecular flexibility index (Phi) is 4.58. The summed E-state index contributed by atoms with van der Waals surface area (Å²) >= 11 is 7.69. The molecule has 1 aromatic heterocycles. The van der Waals surface area contributed by atoms with Crippen LogP contribution < -0.4 is 10.2 Å². The number of benzene rings is 1. The highest BCUT2D eigenvalue weighted by atomic mass is 35.5. The molecule has 0 aliphatic rings. The molecule has 96 valence electrons. The Hall–Kier alpha value is -1.10. The van der Waals surface area contributed by atoms with Crippen molar-refractivity contribution in [3.8, 4) is 0 Å². The van der Waals surface area contributed by atoms with Gasteiger partial charge in [0.15, 0.2) is 5.13 Å². The summed E-state index contributed by atoms with van der Waals surface area (Å²) in [4.78, 5) is 7.80. The minimum Gasteiger partial charge on any atom is -0.347 e. The molecule has 5 heteroatoms. The van der Waals surface area contributed by atoms with Crippen molar-refractivity contribution in [1.82, 2.24) is 10.3 Å². The third kappa shape index (κ3) is 3.45. The van der Waals surface area contributed by atoms with E-state index in [1.165, 1.54) is 10.4 Å². The van der Waals surface area contributed by atoms with Gasteiger partial charge in [-0.1, -0.05) is 23.7 Å². The molecule has 1 N–H and O–H groups in total. The first kappa shape index (κ1) is 13.3. The number of hydrogen-bond donors (Lipinski definition) is 1. The molecule has 0 bridgehead atoms. The molecule has 0 spiro atoms. The second-order valence-corrected chi connectivity index (χ2v) is 5.66. The average molecular weight is 282 g/mol. The van der Waals surface area contributed by atoms with E-state index in [0.29, 0.717) is 0 Å². The molecule has 2 rings (SSSR count). The fourth-order valence-electron chi connectivity index (χ4n) is 1.71. The molecular formula is C13H16ClN3S. The van der Waals surface area contributed by atoms with Gasteiger partial charge < -0.3 is 10.2 Å². The van der Waals surface area contributed by atoms with Gasteiger partial charge in [-0.05, 0) is 24.7 Å². The molecule has 0 aliphatic heterocycles. The van der Waals surface area contributed by atoms with Crippen LogP contribution in [0.1, 0.15) is 10.4 Å². The minimum atomic E-state index is 0.774. The fourth-order valence-corrected chi connectivity index (χ4v) is 2.80. The molecule has 1 aromatic carbocycles. The van der Waals surface area contributed by atoms with E-state index in [-0.39, 0.29) is 0 Å². The van der Waals surface area contributed by atoms with Gasteiger partial charge in [0, 0.05) is 36.2 Å². The lowest BCUT2D eigenvalue weighted by Gasteiger charge is -2.15. The number of thiazole rings is 1. The maximum Gasteiger partial charge on any atom is 0.185 e. The average Bonchev–Trinajstić information content (AvgIpc) is 2.78. The van der Waals surface area contributed by atoms with Crippen molar-refractivity contribution in [3.05, 3.63) is 45.9 Å². The van der Waals surface area contributed by atoms with Crippen LogP contribution in [0.2, 0.25) is 5.02 Å². The van der Waals surface area contributed by atoms with Crippen molar-refractivity contribution in [2.24, 2.45) is 0 Å². The van der Waals surface area contributed by atoms with Gasteiger partial charge in [0.1, 0.15) is 0 Å². The molecule has 0 radical (unpaired) electrons. The molecule has 1 heterocycles. The zero-order valence-electron chi connectivity index (χ0n) is 10.5.